The molecule has 20 heavy (non-hydrogen) atoms. The average Bonchev–Trinajstić information content (AvgIpc) is 2.82. The molecule has 110 valence electrons. The van der Waals surface area contributed by atoms with Crippen LogP contribution in [-0.4, -0.2) is 44.0 Å². The van der Waals surface area contributed by atoms with Gasteiger partial charge in [-0.3, -0.25) is 4.79 Å². The fourth-order valence-electron chi connectivity index (χ4n) is 2.76. The third kappa shape index (κ3) is 3.73. The maximum absolute atomic E-state index is 12.2. The van der Waals surface area contributed by atoms with E-state index in [-0.39, 0.29) is 5.91 Å². The molecule has 0 radical (unpaired) electrons. The first-order chi connectivity index (χ1) is 9.60. The van der Waals surface area contributed by atoms with Crippen molar-refractivity contribution in [2.45, 2.75) is 20.3 Å². The van der Waals surface area contributed by atoms with Crippen molar-refractivity contribution in [1.82, 2.24) is 10.2 Å². The minimum Gasteiger partial charge on any atom is -0.385 e. The maximum atomic E-state index is 12.2. The quantitative estimate of drug-likeness (QED) is 0.865. The van der Waals surface area contributed by atoms with E-state index in [1.165, 1.54) is 6.42 Å². The molecule has 1 aliphatic rings. The van der Waals surface area contributed by atoms with Crippen molar-refractivity contribution in [3.63, 3.8) is 0 Å². The van der Waals surface area contributed by atoms with Gasteiger partial charge in [0.15, 0.2) is 0 Å². The third-order valence-corrected chi connectivity index (χ3v) is 3.89. The molecule has 0 spiro atoms. The molecule has 0 aliphatic carbocycles. The second-order valence-electron chi connectivity index (χ2n) is 5.69. The molecule has 1 fully saturated rings. The Hall–Kier alpha value is -1.55. The number of carbonyl (C=O) groups is 1. The Bertz CT molecular complexity index is 473. The number of anilines is 1. The number of aryl methyl sites for hydroxylation is 1. The van der Waals surface area contributed by atoms with E-state index < -0.39 is 0 Å². The molecule has 1 aromatic carbocycles. The first-order valence-corrected chi connectivity index (χ1v) is 7.41. The fourth-order valence-corrected chi connectivity index (χ4v) is 2.76. The van der Waals surface area contributed by atoms with E-state index in [4.69, 9.17) is 0 Å². The van der Waals surface area contributed by atoms with Gasteiger partial charge in [0, 0.05) is 30.9 Å². The Balaban J connectivity index is 1.92. The van der Waals surface area contributed by atoms with E-state index in [1.807, 2.05) is 25.1 Å². The Labute approximate surface area is 121 Å². The SMILES string of the molecule is CCNc1ccc(C(=O)NCC2CCN(C)C2)c(C)c1. The summed E-state index contributed by atoms with van der Waals surface area (Å²) in [5, 5.41) is 6.33. The van der Waals surface area contributed by atoms with Crippen molar-refractivity contribution in [3.05, 3.63) is 29.3 Å². The molecule has 1 aliphatic heterocycles. The van der Waals surface area contributed by atoms with Crippen LogP contribution >= 0.6 is 0 Å². The molecule has 0 saturated carbocycles. The van der Waals surface area contributed by atoms with E-state index in [2.05, 4.69) is 29.5 Å². The van der Waals surface area contributed by atoms with Crippen molar-refractivity contribution < 1.29 is 4.79 Å². The molecular formula is C16H25N3O. The zero-order valence-corrected chi connectivity index (χ0v) is 12.7. The van der Waals surface area contributed by atoms with Crippen molar-refractivity contribution >= 4 is 11.6 Å². The van der Waals surface area contributed by atoms with Crippen LogP contribution < -0.4 is 10.6 Å². The molecule has 1 aromatic rings. The number of hydrogen-bond donors (Lipinski definition) is 2. The lowest BCUT2D eigenvalue weighted by molar-refractivity contribution is 0.0947. The highest BCUT2D eigenvalue weighted by molar-refractivity contribution is 5.96. The second-order valence-corrected chi connectivity index (χ2v) is 5.69. The summed E-state index contributed by atoms with van der Waals surface area (Å²) in [6, 6.07) is 5.90. The van der Waals surface area contributed by atoms with Gasteiger partial charge in [-0.1, -0.05) is 0 Å². The van der Waals surface area contributed by atoms with E-state index in [9.17, 15) is 4.79 Å². The highest BCUT2D eigenvalue weighted by Gasteiger charge is 2.20. The predicted octanol–water partition coefficient (Wildman–Crippen LogP) is 2.11. The predicted molar refractivity (Wildman–Crippen MR) is 83.3 cm³/mol. The van der Waals surface area contributed by atoms with Gasteiger partial charge in [-0.25, -0.2) is 0 Å². The van der Waals surface area contributed by atoms with Crippen LogP contribution in [0.15, 0.2) is 18.2 Å². The van der Waals surface area contributed by atoms with Gasteiger partial charge < -0.3 is 15.5 Å². The normalized spacial score (nSPS) is 19.1. The Kier molecular flexibility index (Phi) is 5.01. The third-order valence-electron chi connectivity index (χ3n) is 3.89. The van der Waals surface area contributed by atoms with Gasteiger partial charge in [-0.2, -0.15) is 0 Å². The lowest BCUT2D eigenvalue weighted by Gasteiger charge is -2.13. The number of nitrogens with zero attached hydrogens (tertiary/aromatic N) is 1. The zero-order chi connectivity index (χ0) is 14.5. The highest BCUT2D eigenvalue weighted by atomic mass is 16.1. The Morgan fingerprint density at radius 2 is 2.25 bits per heavy atom. The maximum Gasteiger partial charge on any atom is 0.251 e. The van der Waals surface area contributed by atoms with Crippen molar-refractivity contribution in [2.24, 2.45) is 5.92 Å². The van der Waals surface area contributed by atoms with Gasteiger partial charge in [0.05, 0.1) is 0 Å². The lowest BCUT2D eigenvalue weighted by Crippen LogP contribution is -2.30. The summed E-state index contributed by atoms with van der Waals surface area (Å²) < 4.78 is 0. The highest BCUT2D eigenvalue weighted by Crippen LogP contribution is 2.16. The first-order valence-electron chi connectivity index (χ1n) is 7.41. The summed E-state index contributed by atoms with van der Waals surface area (Å²) in [5.74, 6) is 0.630. The van der Waals surface area contributed by atoms with Crippen LogP contribution in [0.3, 0.4) is 0 Å². The summed E-state index contributed by atoms with van der Waals surface area (Å²) in [6.07, 6.45) is 1.18. The fraction of sp³-hybridized carbons (Fsp3) is 0.562. The summed E-state index contributed by atoms with van der Waals surface area (Å²) in [4.78, 5) is 14.5. The van der Waals surface area contributed by atoms with Gasteiger partial charge >= 0.3 is 0 Å². The number of hydrogen-bond acceptors (Lipinski definition) is 3. The number of nitrogens with one attached hydrogen (secondary N) is 2. The Morgan fingerprint density at radius 1 is 1.45 bits per heavy atom. The molecule has 1 saturated heterocycles. The van der Waals surface area contributed by atoms with Gasteiger partial charge in [0.1, 0.15) is 0 Å². The summed E-state index contributed by atoms with van der Waals surface area (Å²) >= 11 is 0. The summed E-state index contributed by atoms with van der Waals surface area (Å²) in [6.45, 7) is 7.93. The van der Waals surface area contributed by atoms with Crippen LogP contribution in [0.2, 0.25) is 0 Å². The summed E-state index contributed by atoms with van der Waals surface area (Å²) in [5.41, 5.74) is 2.86. The molecule has 4 heteroatoms. The monoisotopic (exact) mass is 275 g/mol. The Morgan fingerprint density at radius 3 is 2.85 bits per heavy atom. The van der Waals surface area contributed by atoms with Crippen LogP contribution in [0, 0.1) is 12.8 Å². The average molecular weight is 275 g/mol. The number of benzene rings is 1. The number of rotatable bonds is 5. The van der Waals surface area contributed by atoms with Gasteiger partial charge in [0.2, 0.25) is 0 Å². The molecule has 1 atom stereocenters. The topological polar surface area (TPSA) is 44.4 Å². The molecule has 1 amide bonds. The van der Waals surface area contributed by atoms with Gasteiger partial charge in [-0.05, 0) is 63.5 Å². The smallest absolute Gasteiger partial charge is 0.251 e. The molecular weight excluding hydrogens is 250 g/mol. The second kappa shape index (κ2) is 6.75. The molecule has 1 unspecified atom stereocenters. The van der Waals surface area contributed by atoms with Crippen LogP contribution in [0.1, 0.15) is 29.3 Å². The number of likely N-dealkylation sites (tertiary alicyclic amines) is 1. The molecule has 0 bridgehead atoms. The molecule has 2 rings (SSSR count). The van der Waals surface area contributed by atoms with Crippen LogP contribution in [0.5, 0.6) is 0 Å². The van der Waals surface area contributed by atoms with E-state index >= 15 is 0 Å². The summed E-state index contributed by atoms with van der Waals surface area (Å²) in [7, 11) is 2.13. The van der Waals surface area contributed by atoms with E-state index in [0.717, 1.165) is 43.0 Å². The first kappa shape index (κ1) is 14.9. The largest absolute Gasteiger partial charge is 0.385 e. The van der Waals surface area contributed by atoms with E-state index in [0.29, 0.717) is 5.92 Å². The van der Waals surface area contributed by atoms with E-state index in [1.54, 1.807) is 0 Å². The van der Waals surface area contributed by atoms with Crippen molar-refractivity contribution in [2.75, 3.05) is 38.5 Å². The minimum atomic E-state index is 0.0418. The standard InChI is InChI=1S/C16H25N3O/c1-4-17-14-5-6-15(12(2)9-14)16(20)18-10-13-7-8-19(3)11-13/h5-6,9,13,17H,4,7-8,10-11H2,1-3H3,(H,18,20). The molecule has 4 nitrogen and oxygen atoms in total. The van der Waals surface area contributed by atoms with Crippen LogP contribution in [-0.2, 0) is 0 Å². The van der Waals surface area contributed by atoms with Crippen LogP contribution in [0.4, 0.5) is 5.69 Å². The minimum absolute atomic E-state index is 0.0418. The van der Waals surface area contributed by atoms with Gasteiger partial charge in [0.25, 0.3) is 5.91 Å². The van der Waals surface area contributed by atoms with Crippen LogP contribution in [0.25, 0.3) is 0 Å². The lowest BCUT2D eigenvalue weighted by atomic mass is 10.1. The van der Waals surface area contributed by atoms with Crippen molar-refractivity contribution in [1.29, 1.82) is 0 Å². The number of amides is 1. The molecule has 1 heterocycles. The van der Waals surface area contributed by atoms with Crippen molar-refractivity contribution in [3.8, 4) is 0 Å². The zero-order valence-electron chi connectivity index (χ0n) is 12.7. The molecule has 0 aromatic heterocycles. The number of carbonyl (C=O) groups excluding carboxylic acids is 1. The molecule has 2 N–H and O–H groups in total. The van der Waals surface area contributed by atoms with Gasteiger partial charge in [-0.15, -0.1) is 0 Å².